The molecule has 1 amide bonds. The van der Waals surface area contributed by atoms with Gasteiger partial charge in [0.25, 0.3) is 0 Å². The Kier molecular flexibility index (Phi) is 6.50. The normalized spacial score (nSPS) is 30.9. The lowest BCUT2D eigenvalue weighted by Gasteiger charge is -2.44. The summed E-state index contributed by atoms with van der Waals surface area (Å²) in [5.74, 6) is 0.623. The zero-order valence-corrected chi connectivity index (χ0v) is 16.6. The molecule has 0 radical (unpaired) electrons. The van der Waals surface area contributed by atoms with Gasteiger partial charge in [-0.3, -0.25) is 0 Å². The highest BCUT2D eigenvalue weighted by Crippen LogP contribution is 2.33. The third-order valence-corrected chi connectivity index (χ3v) is 6.39. The number of benzene rings is 1. The fourth-order valence-corrected chi connectivity index (χ4v) is 4.82. The molecule has 1 atom stereocenters. The molecular formula is C22H32N2O4. The predicted molar refractivity (Wildman–Crippen MR) is 106 cm³/mol. The van der Waals surface area contributed by atoms with Gasteiger partial charge in [0.2, 0.25) is 0 Å². The minimum atomic E-state index is -0.274. The maximum atomic E-state index is 12.5. The zero-order chi connectivity index (χ0) is 19.2. The highest BCUT2D eigenvalue weighted by molar-refractivity contribution is 5.67. The van der Waals surface area contributed by atoms with Gasteiger partial charge < -0.3 is 24.4 Å². The van der Waals surface area contributed by atoms with Crippen molar-refractivity contribution in [3.63, 3.8) is 0 Å². The molecule has 1 aromatic carbocycles. The van der Waals surface area contributed by atoms with Crippen molar-refractivity contribution in [3.8, 4) is 0 Å². The second-order valence-corrected chi connectivity index (χ2v) is 8.36. The Balaban J connectivity index is 1.17. The highest BCUT2D eigenvalue weighted by Gasteiger charge is 2.39. The second-order valence-electron chi connectivity index (χ2n) is 8.36. The van der Waals surface area contributed by atoms with E-state index in [-0.39, 0.29) is 24.5 Å². The van der Waals surface area contributed by atoms with E-state index in [1.807, 2.05) is 0 Å². The van der Waals surface area contributed by atoms with E-state index in [0.717, 1.165) is 58.2 Å². The van der Waals surface area contributed by atoms with Crippen LogP contribution in [0.15, 0.2) is 30.3 Å². The third kappa shape index (κ3) is 4.85. The van der Waals surface area contributed by atoms with Gasteiger partial charge >= 0.3 is 6.09 Å². The average molecular weight is 389 g/mol. The van der Waals surface area contributed by atoms with Crippen LogP contribution in [0.25, 0.3) is 0 Å². The molecule has 2 aliphatic heterocycles. The predicted octanol–water partition coefficient (Wildman–Crippen LogP) is 3.28. The van der Waals surface area contributed by atoms with E-state index in [1.165, 1.54) is 5.56 Å². The van der Waals surface area contributed by atoms with Crippen molar-refractivity contribution >= 4 is 6.09 Å². The van der Waals surface area contributed by atoms with Crippen LogP contribution in [0, 0.1) is 0 Å². The summed E-state index contributed by atoms with van der Waals surface area (Å²) in [6.07, 6.45) is 6.22. The van der Waals surface area contributed by atoms with Gasteiger partial charge in [-0.25, -0.2) is 4.79 Å². The zero-order valence-electron chi connectivity index (χ0n) is 16.6. The number of ether oxygens (including phenoxy) is 3. The van der Waals surface area contributed by atoms with Crippen molar-refractivity contribution in [1.82, 2.24) is 10.2 Å². The number of likely N-dealkylation sites (tertiary alicyclic amines) is 1. The molecule has 2 heterocycles. The Morgan fingerprint density at radius 1 is 1.21 bits per heavy atom. The molecule has 28 heavy (non-hydrogen) atoms. The summed E-state index contributed by atoms with van der Waals surface area (Å²) in [5.41, 5.74) is 1.32. The summed E-state index contributed by atoms with van der Waals surface area (Å²) in [4.78, 5) is 14.3. The van der Waals surface area contributed by atoms with Gasteiger partial charge in [0.05, 0.1) is 24.9 Å². The quantitative estimate of drug-likeness (QED) is 0.802. The van der Waals surface area contributed by atoms with Crippen LogP contribution in [-0.2, 0) is 14.2 Å². The summed E-state index contributed by atoms with van der Waals surface area (Å²) in [5, 5.41) is 3.54. The number of hydrogen-bond donors (Lipinski definition) is 1. The second kappa shape index (κ2) is 9.25. The Hall–Kier alpha value is -1.63. The summed E-state index contributed by atoms with van der Waals surface area (Å²) in [6.45, 7) is 3.69. The molecule has 6 nitrogen and oxygen atoms in total. The van der Waals surface area contributed by atoms with Gasteiger partial charge in [0, 0.05) is 19.6 Å². The molecule has 3 aliphatic rings. The van der Waals surface area contributed by atoms with E-state index in [2.05, 4.69) is 35.6 Å². The summed E-state index contributed by atoms with van der Waals surface area (Å²) < 4.78 is 16.9. The molecule has 6 heteroatoms. The van der Waals surface area contributed by atoms with Gasteiger partial charge in [-0.1, -0.05) is 30.3 Å². The maximum absolute atomic E-state index is 12.5. The smallest absolute Gasteiger partial charge is 0.411 e. The van der Waals surface area contributed by atoms with E-state index in [9.17, 15) is 4.79 Å². The minimum Gasteiger partial charge on any atom is -0.422 e. The molecule has 154 valence electrons. The SMILES string of the molecule is O=C(OCOC1CCC(c2ccccc2)CC1)N1CCCC2(COCCN2)C1. The first-order valence-electron chi connectivity index (χ1n) is 10.7. The summed E-state index contributed by atoms with van der Waals surface area (Å²) in [7, 11) is 0. The number of piperidine rings is 1. The summed E-state index contributed by atoms with van der Waals surface area (Å²) >= 11 is 0. The lowest BCUT2D eigenvalue weighted by Crippen LogP contribution is -2.63. The van der Waals surface area contributed by atoms with Crippen LogP contribution in [0.1, 0.15) is 50.0 Å². The average Bonchev–Trinajstić information content (AvgIpc) is 2.75. The number of nitrogens with zero attached hydrogens (tertiary/aromatic N) is 1. The Labute approximate surface area is 167 Å². The lowest BCUT2D eigenvalue weighted by atomic mass is 9.83. The van der Waals surface area contributed by atoms with Crippen LogP contribution in [0.2, 0.25) is 0 Å². The van der Waals surface area contributed by atoms with Crippen molar-refractivity contribution in [2.45, 2.75) is 56.1 Å². The number of carbonyl (C=O) groups excluding carboxylic acids is 1. The van der Waals surface area contributed by atoms with Crippen LogP contribution in [0.3, 0.4) is 0 Å². The van der Waals surface area contributed by atoms with Crippen molar-refractivity contribution in [2.75, 3.05) is 39.6 Å². The molecule has 3 fully saturated rings. The maximum Gasteiger partial charge on any atom is 0.411 e. The number of amides is 1. The van der Waals surface area contributed by atoms with E-state index < -0.39 is 0 Å². The number of nitrogens with one attached hydrogen (secondary N) is 1. The molecule has 4 rings (SSSR count). The van der Waals surface area contributed by atoms with Gasteiger partial charge in [0.15, 0.2) is 6.79 Å². The van der Waals surface area contributed by atoms with E-state index >= 15 is 0 Å². The van der Waals surface area contributed by atoms with Crippen LogP contribution in [0.4, 0.5) is 4.79 Å². The molecule has 1 spiro atoms. The largest absolute Gasteiger partial charge is 0.422 e. The molecule has 1 aromatic rings. The first kappa shape index (κ1) is 19.7. The Bertz CT molecular complexity index is 619. The fraction of sp³-hybridized carbons (Fsp3) is 0.682. The topological polar surface area (TPSA) is 60.0 Å². The van der Waals surface area contributed by atoms with Gasteiger partial charge in [-0.2, -0.15) is 0 Å². The first-order valence-corrected chi connectivity index (χ1v) is 10.7. The van der Waals surface area contributed by atoms with Crippen molar-refractivity contribution < 1.29 is 19.0 Å². The van der Waals surface area contributed by atoms with Crippen LogP contribution in [-0.4, -0.2) is 62.3 Å². The molecule has 0 aromatic heterocycles. The summed E-state index contributed by atoms with van der Waals surface area (Å²) in [6, 6.07) is 10.7. The van der Waals surface area contributed by atoms with Gasteiger partial charge in [-0.05, 0) is 50.0 Å². The molecular weight excluding hydrogens is 356 g/mol. The molecule has 1 saturated carbocycles. The van der Waals surface area contributed by atoms with Gasteiger partial charge in [-0.15, -0.1) is 0 Å². The number of carbonyl (C=O) groups is 1. The molecule has 1 N–H and O–H groups in total. The monoisotopic (exact) mass is 388 g/mol. The van der Waals surface area contributed by atoms with Crippen molar-refractivity contribution in [3.05, 3.63) is 35.9 Å². The lowest BCUT2D eigenvalue weighted by molar-refractivity contribution is -0.0818. The van der Waals surface area contributed by atoms with Crippen LogP contribution >= 0.6 is 0 Å². The van der Waals surface area contributed by atoms with Crippen LogP contribution < -0.4 is 5.32 Å². The molecule has 2 saturated heterocycles. The van der Waals surface area contributed by atoms with E-state index in [0.29, 0.717) is 19.1 Å². The van der Waals surface area contributed by atoms with Crippen molar-refractivity contribution in [1.29, 1.82) is 0 Å². The number of morpholine rings is 1. The van der Waals surface area contributed by atoms with Gasteiger partial charge in [0.1, 0.15) is 0 Å². The fourth-order valence-electron chi connectivity index (χ4n) is 4.82. The first-order chi connectivity index (χ1) is 13.7. The van der Waals surface area contributed by atoms with E-state index in [1.54, 1.807) is 4.90 Å². The third-order valence-electron chi connectivity index (χ3n) is 6.39. The standard InChI is InChI=1S/C22H32N2O4/c25-21(24-13-4-11-22(15-24)16-26-14-12-23-22)28-17-27-20-9-7-19(8-10-20)18-5-2-1-3-6-18/h1-3,5-6,19-20,23H,4,7-17H2. The Morgan fingerprint density at radius 2 is 2.04 bits per heavy atom. The van der Waals surface area contributed by atoms with Crippen LogP contribution in [0.5, 0.6) is 0 Å². The molecule has 1 unspecified atom stereocenters. The molecule has 1 aliphatic carbocycles. The van der Waals surface area contributed by atoms with Crippen molar-refractivity contribution in [2.24, 2.45) is 0 Å². The molecule has 0 bridgehead atoms. The van der Waals surface area contributed by atoms with E-state index in [4.69, 9.17) is 14.2 Å². The number of rotatable bonds is 4. The minimum absolute atomic E-state index is 0.0485. The Morgan fingerprint density at radius 3 is 2.79 bits per heavy atom. The number of hydrogen-bond acceptors (Lipinski definition) is 5. The highest BCUT2D eigenvalue weighted by atomic mass is 16.7.